The van der Waals surface area contributed by atoms with E-state index in [1.807, 2.05) is 61.6 Å². The minimum atomic E-state index is -0.960. The summed E-state index contributed by atoms with van der Waals surface area (Å²) in [6.07, 6.45) is 1.81. The Labute approximate surface area is 141 Å². The van der Waals surface area contributed by atoms with Gasteiger partial charge in [-0.15, -0.1) is 0 Å². The lowest BCUT2D eigenvalue weighted by Gasteiger charge is -2.30. The lowest BCUT2D eigenvalue weighted by Crippen LogP contribution is -2.37. The van der Waals surface area contributed by atoms with Crippen molar-refractivity contribution in [1.82, 2.24) is 4.57 Å². The first-order valence-electron chi connectivity index (χ1n) is 8.22. The fourth-order valence-corrected chi connectivity index (χ4v) is 3.94. The summed E-state index contributed by atoms with van der Waals surface area (Å²) < 4.78 is 2.10. The number of benzene rings is 2. The Balaban J connectivity index is 1.86. The van der Waals surface area contributed by atoms with Gasteiger partial charge in [-0.25, -0.2) is 0 Å². The fraction of sp³-hybridized carbons (Fsp3) is 0.238. The number of hydrogen-bond donors (Lipinski definition) is 0. The molecule has 0 unspecified atom stereocenters. The Bertz CT molecular complexity index is 978. The van der Waals surface area contributed by atoms with Gasteiger partial charge in [-0.1, -0.05) is 48.5 Å². The molecule has 3 heteroatoms. The van der Waals surface area contributed by atoms with Crippen LogP contribution < -0.4 is 0 Å². The third kappa shape index (κ3) is 2.00. The molecule has 118 valence electrons. The Kier molecular flexibility index (Phi) is 3.28. The van der Waals surface area contributed by atoms with Crippen molar-refractivity contribution in [2.45, 2.75) is 19.3 Å². The second-order valence-electron chi connectivity index (χ2n) is 6.58. The van der Waals surface area contributed by atoms with Crippen molar-refractivity contribution in [2.75, 3.05) is 0 Å². The highest BCUT2D eigenvalue weighted by Gasteiger charge is 2.45. The number of fused-ring (bicyclic) bond motifs is 3. The van der Waals surface area contributed by atoms with Crippen LogP contribution in [0.3, 0.4) is 0 Å². The number of carbonyl (C=O) groups excluding carboxylic acids is 1. The van der Waals surface area contributed by atoms with Gasteiger partial charge >= 0.3 is 0 Å². The minimum Gasteiger partial charge on any atom is -0.347 e. The van der Waals surface area contributed by atoms with Gasteiger partial charge in [-0.05, 0) is 30.9 Å². The van der Waals surface area contributed by atoms with Crippen LogP contribution >= 0.6 is 0 Å². The maximum absolute atomic E-state index is 13.4. The van der Waals surface area contributed by atoms with E-state index in [4.69, 9.17) is 0 Å². The molecular formula is C21H18N2O. The fourth-order valence-electron chi connectivity index (χ4n) is 3.94. The second-order valence-corrected chi connectivity index (χ2v) is 6.58. The van der Waals surface area contributed by atoms with Gasteiger partial charge < -0.3 is 4.57 Å². The summed E-state index contributed by atoms with van der Waals surface area (Å²) in [5.74, 6) is -0.0214. The Morgan fingerprint density at radius 3 is 2.58 bits per heavy atom. The molecule has 0 N–H and O–H groups in total. The average Bonchev–Trinajstić information content (AvgIpc) is 2.92. The number of aryl methyl sites for hydroxylation is 1. The van der Waals surface area contributed by atoms with Crippen LogP contribution in [0.15, 0.2) is 54.6 Å². The van der Waals surface area contributed by atoms with Crippen LogP contribution in [0, 0.1) is 16.7 Å². The molecule has 3 nitrogen and oxygen atoms in total. The predicted molar refractivity (Wildman–Crippen MR) is 93.8 cm³/mol. The summed E-state index contributed by atoms with van der Waals surface area (Å²) in [4.78, 5) is 13.4. The number of nitriles is 1. The summed E-state index contributed by atoms with van der Waals surface area (Å²) in [5.41, 5.74) is 2.94. The van der Waals surface area contributed by atoms with E-state index >= 15 is 0 Å². The molecule has 0 radical (unpaired) electrons. The lowest BCUT2D eigenvalue weighted by molar-refractivity contribution is 0.0834. The average molecular weight is 314 g/mol. The largest absolute Gasteiger partial charge is 0.347 e. The summed E-state index contributed by atoms with van der Waals surface area (Å²) >= 11 is 0. The van der Waals surface area contributed by atoms with E-state index in [2.05, 4.69) is 10.6 Å². The molecule has 24 heavy (non-hydrogen) atoms. The van der Waals surface area contributed by atoms with Crippen LogP contribution in [0.1, 0.15) is 28.0 Å². The zero-order valence-corrected chi connectivity index (χ0v) is 13.6. The molecule has 1 aliphatic rings. The van der Waals surface area contributed by atoms with Gasteiger partial charge in [0.05, 0.1) is 6.07 Å². The third-order valence-electron chi connectivity index (χ3n) is 5.24. The van der Waals surface area contributed by atoms with Gasteiger partial charge in [0.1, 0.15) is 5.41 Å². The third-order valence-corrected chi connectivity index (χ3v) is 5.24. The van der Waals surface area contributed by atoms with E-state index < -0.39 is 5.41 Å². The maximum Gasteiger partial charge on any atom is 0.185 e. The van der Waals surface area contributed by atoms with Crippen molar-refractivity contribution < 1.29 is 4.79 Å². The topological polar surface area (TPSA) is 45.8 Å². The normalized spacial score (nSPS) is 19.9. The molecule has 1 aromatic heterocycles. The van der Waals surface area contributed by atoms with Gasteiger partial charge in [0.15, 0.2) is 5.78 Å². The van der Waals surface area contributed by atoms with E-state index in [1.165, 1.54) is 0 Å². The molecule has 0 aliphatic heterocycles. The molecule has 0 saturated carbocycles. The zero-order valence-electron chi connectivity index (χ0n) is 13.6. The van der Waals surface area contributed by atoms with Crippen LogP contribution in [0.2, 0.25) is 0 Å². The van der Waals surface area contributed by atoms with E-state index in [-0.39, 0.29) is 5.78 Å². The monoisotopic (exact) mass is 314 g/mol. The van der Waals surface area contributed by atoms with Crippen LogP contribution in [0.5, 0.6) is 0 Å². The number of carbonyl (C=O) groups is 1. The molecule has 1 aliphatic carbocycles. The van der Waals surface area contributed by atoms with Gasteiger partial charge in [-0.2, -0.15) is 5.26 Å². The summed E-state index contributed by atoms with van der Waals surface area (Å²) in [6, 6.07) is 20.2. The van der Waals surface area contributed by atoms with Crippen LogP contribution in [0.25, 0.3) is 10.9 Å². The number of aromatic nitrogens is 1. The predicted octanol–water partition coefficient (Wildman–Crippen LogP) is 4.06. The molecule has 0 fully saturated rings. The van der Waals surface area contributed by atoms with E-state index in [0.29, 0.717) is 12.8 Å². The second kappa shape index (κ2) is 5.35. The molecule has 0 saturated heterocycles. The molecule has 4 rings (SSSR count). The van der Waals surface area contributed by atoms with Crippen LogP contribution in [-0.2, 0) is 19.9 Å². The first-order valence-corrected chi connectivity index (χ1v) is 8.22. The van der Waals surface area contributed by atoms with E-state index in [9.17, 15) is 10.1 Å². The van der Waals surface area contributed by atoms with E-state index in [1.54, 1.807) is 0 Å². The Morgan fingerprint density at radius 2 is 1.83 bits per heavy atom. The number of Topliss-reactive ketones (excluding diaryl/α,β-unsaturated/α-hetero) is 1. The van der Waals surface area contributed by atoms with Crippen LogP contribution in [0.4, 0.5) is 0 Å². The lowest BCUT2D eigenvalue weighted by atomic mass is 9.69. The Morgan fingerprint density at radius 1 is 1.12 bits per heavy atom. The van der Waals surface area contributed by atoms with Crippen molar-refractivity contribution in [1.29, 1.82) is 5.26 Å². The number of para-hydroxylation sites is 1. The van der Waals surface area contributed by atoms with Crippen molar-refractivity contribution >= 4 is 16.7 Å². The van der Waals surface area contributed by atoms with Crippen molar-refractivity contribution in [2.24, 2.45) is 12.5 Å². The number of rotatable bonds is 2. The SMILES string of the molecule is Cn1c2c(c3ccccc31)C(=O)[C@@](C#N)(Cc1ccccc1)CC2. The van der Waals surface area contributed by atoms with Gasteiger partial charge in [-0.3, -0.25) is 4.79 Å². The number of ketones is 1. The highest BCUT2D eigenvalue weighted by Crippen LogP contribution is 2.41. The standard InChI is InChI=1S/C21H18N2O/c1-23-17-10-6-5-9-16(17)19-18(23)11-12-21(14-22,20(19)24)13-15-7-3-2-4-8-15/h2-10H,11-13H2,1H3/t21-/m1/s1. The smallest absolute Gasteiger partial charge is 0.185 e. The molecule has 0 amide bonds. The quantitative estimate of drug-likeness (QED) is 0.716. The highest BCUT2D eigenvalue weighted by molar-refractivity contribution is 6.14. The molecule has 3 aromatic rings. The molecule has 0 bridgehead atoms. The summed E-state index contributed by atoms with van der Waals surface area (Å²) in [7, 11) is 2.00. The summed E-state index contributed by atoms with van der Waals surface area (Å²) in [5, 5.41) is 10.9. The van der Waals surface area contributed by atoms with Gasteiger partial charge in [0, 0.05) is 29.2 Å². The molecule has 2 aromatic carbocycles. The van der Waals surface area contributed by atoms with Crippen molar-refractivity contribution in [3.05, 3.63) is 71.4 Å². The van der Waals surface area contributed by atoms with Gasteiger partial charge in [0.2, 0.25) is 0 Å². The molecule has 0 spiro atoms. The highest BCUT2D eigenvalue weighted by atomic mass is 16.1. The number of hydrogen-bond acceptors (Lipinski definition) is 2. The zero-order chi connectivity index (χ0) is 16.7. The minimum absolute atomic E-state index is 0.0214. The molecule has 1 atom stereocenters. The molecular weight excluding hydrogens is 296 g/mol. The summed E-state index contributed by atoms with van der Waals surface area (Å²) in [6.45, 7) is 0. The maximum atomic E-state index is 13.4. The van der Waals surface area contributed by atoms with Crippen LogP contribution in [-0.4, -0.2) is 10.4 Å². The van der Waals surface area contributed by atoms with Gasteiger partial charge in [0.25, 0.3) is 0 Å². The molecule has 1 heterocycles. The number of nitrogens with zero attached hydrogens (tertiary/aromatic N) is 2. The first kappa shape index (κ1) is 14.7. The van der Waals surface area contributed by atoms with Crippen molar-refractivity contribution in [3.63, 3.8) is 0 Å². The Hall–Kier alpha value is -2.86. The van der Waals surface area contributed by atoms with Crippen molar-refractivity contribution in [3.8, 4) is 6.07 Å². The first-order chi connectivity index (χ1) is 11.7. The van der Waals surface area contributed by atoms with E-state index in [0.717, 1.165) is 34.1 Å².